The van der Waals surface area contributed by atoms with E-state index in [0.717, 1.165) is 62.1 Å². The molecule has 5 rings (SSSR count). The fraction of sp³-hybridized carbons (Fsp3) is 0.667. The van der Waals surface area contributed by atoms with Crippen molar-refractivity contribution in [2.75, 3.05) is 26.2 Å². The van der Waals surface area contributed by atoms with Crippen LogP contribution in [0, 0.1) is 0 Å². The second-order valence-corrected chi connectivity index (χ2v) is 9.62. The van der Waals surface area contributed by atoms with E-state index in [4.69, 9.17) is 10.5 Å². The minimum Gasteiger partial charge on any atom is -0.474 e. The average Bonchev–Trinajstić information content (AvgIpc) is 3.29. The van der Waals surface area contributed by atoms with E-state index in [-0.39, 0.29) is 17.9 Å². The molecule has 0 aromatic carbocycles. The number of aryl methyl sites for hydroxylation is 1. The Morgan fingerprint density at radius 1 is 1.21 bits per heavy atom. The minimum absolute atomic E-state index is 0.174. The zero-order valence-electron chi connectivity index (χ0n) is 16.7. The number of carbonyl (C=O) groups is 1. The molecule has 2 aromatic heterocycles. The van der Waals surface area contributed by atoms with E-state index in [2.05, 4.69) is 20.2 Å². The van der Waals surface area contributed by atoms with Crippen LogP contribution in [0.1, 0.15) is 54.9 Å². The summed E-state index contributed by atoms with van der Waals surface area (Å²) in [7, 11) is 0. The van der Waals surface area contributed by atoms with Gasteiger partial charge in [0.05, 0.1) is 5.39 Å². The van der Waals surface area contributed by atoms with E-state index in [9.17, 15) is 4.79 Å². The SMILES string of the molecule is NC(=O)CC1CCc2sc3ncnc(OC4CCC(N5CCNCC5)CC4)c3c21. The Morgan fingerprint density at radius 3 is 2.76 bits per heavy atom. The Kier molecular flexibility index (Phi) is 5.41. The molecule has 3 N–H and O–H groups in total. The van der Waals surface area contributed by atoms with Crippen LogP contribution in [0.25, 0.3) is 10.2 Å². The maximum atomic E-state index is 11.5. The molecule has 2 aromatic rings. The van der Waals surface area contributed by atoms with Crippen molar-refractivity contribution in [1.82, 2.24) is 20.2 Å². The molecule has 3 aliphatic rings. The van der Waals surface area contributed by atoms with Gasteiger partial charge in [-0.3, -0.25) is 9.69 Å². The molecule has 1 aliphatic heterocycles. The number of rotatable bonds is 5. The first-order chi connectivity index (χ1) is 14.2. The van der Waals surface area contributed by atoms with Crippen molar-refractivity contribution in [2.45, 2.75) is 63.0 Å². The summed E-state index contributed by atoms with van der Waals surface area (Å²) in [6.45, 7) is 4.52. The van der Waals surface area contributed by atoms with Crippen LogP contribution in [-0.2, 0) is 11.2 Å². The van der Waals surface area contributed by atoms with Crippen molar-refractivity contribution in [2.24, 2.45) is 5.73 Å². The highest BCUT2D eigenvalue weighted by molar-refractivity contribution is 7.19. The predicted molar refractivity (Wildman–Crippen MR) is 113 cm³/mol. The highest BCUT2D eigenvalue weighted by atomic mass is 32.1. The summed E-state index contributed by atoms with van der Waals surface area (Å²) < 4.78 is 6.45. The molecule has 1 saturated carbocycles. The number of hydrogen-bond donors (Lipinski definition) is 2. The second-order valence-electron chi connectivity index (χ2n) is 8.54. The summed E-state index contributed by atoms with van der Waals surface area (Å²) in [5.74, 6) is 0.635. The quantitative estimate of drug-likeness (QED) is 0.778. The Hall–Kier alpha value is -1.77. The standard InChI is InChI=1S/C21H29N5O2S/c22-17(27)11-13-1-6-16-18(13)19-20(24-12-25-21(19)29-16)28-15-4-2-14(3-5-15)26-9-7-23-8-10-26/h12-15,23H,1-11H2,(H2,22,27). The molecule has 156 valence electrons. The van der Waals surface area contributed by atoms with Crippen LogP contribution in [-0.4, -0.2) is 59.1 Å². The minimum atomic E-state index is -0.243. The highest BCUT2D eigenvalue weighted by Gasteiger charge is 2.32. The van der Waals surface area contributed by atoms with Crippen molar-refractivity contribution < 1.29 is 9.53 Å². The van der Waals surface area contributed by atoms with Crippen LogP contribution in [0.3, 0.4) is 0 Å². The maximum absolute atomic E-state index is 11.5. The molecular weight excluding hydrogens is 386 g/mol. The lowest BCUT2D eigenvalue weighted by atomic mass is 9.91. The number of nitrogens with two attached hydrogens (primary N) is 1. The normalized spacial score (nSPS) is 27.8. The van der Waals surface area contributed by atoms with Crippen LogP contribution in [0.4, 0.5) is 0 Å². The number of primary amides is 1. The number of thiophene rings is 1. The third kappa shape index (κ3) is 3.85. The molecule has 1 saturated heterocycles. The first-order valence-electron chi connectivity index (χ1n) is 10.8. The number of piperazine rings is 1. The van der Waals surface area contributed by atoms with Crippen molar-refractivity contribution in [3.63, 3.8) is 0 Å². The van der Waals surface area contributed by atoms with Gasteiger partial charge < -0.3 is 15.8 Å². The lowest BCUT2D eigenvalue weighted by Crippen LogP contribution is -2.50. The van der Waals surface area contributed by atoms with E-state index < -0.39 is 0 Å². The largest absolute Gasteiger partial charge is 0.474 e. The van der Waals surface area contributed by atoms with E-state index in [1.54, 1.807) is 17.7 Å². The number of nitrogens with zero attached hydrogens (tertiary/aromatic N) is 3. The Bertz CT molecular complexity index is 887. The summed E-state index contributed by atoms with van der Waals surface area (Å²) in [5.41, 5.74) is 6.71. The fourth-order valence-corrected chi connectivity index (χ4v) is 6.54. The van der Waals surface area contributed by atoms with Crippen molar-refractivity contribution in [1.29, 1.82) is 0 Å². The van der Waals surface area contributed by atoms with Gasteiger partial charge in [0.25, 0.3) is 0 Å². The van der Waals surface area contributed by atoms with Gasteiger partial charge >= 0.3 is 0 Å². The molecule has 7 nitrogen and oxygen atoms in total. The lowest BCUT2D eigenvalue weighted by molar-refractivity contribution is -0.118. The number of aromatic nitrogens is 2. The summed E-state index contributed by atoms with van der Waals surface area (Å²) in [6, 6.07) is 0.688. The molecule has 8 heteroatoms. The highest BCUT2D eigenvalue weighted by Crippen LogP contribution is 2.47. The monoisotopic (exact) mass is 415 g/mol. The van der Waals surface area contributed by atoms with E-state index in [1.807, 2.05) is 0 Å². The number of fused-ring (bicyclic) bond motifs is 3. The Labute approximate surface area is 175 Å². The molecule has 0 radical (unpaired) electrons. The fourth-order valence-electron chi connectivity index (χ4n) is 5.31. The van der Waals surface area contributed by atoms with Crippen molar-refractivity contribution in [3.05, 3.63) is 16.8 Å². The summed E-state index contributed by atoms with van der Waals surface area (Å²) in [4.78, 5) is 25.5. The van der Waals surface area contributed by atoms with Gasteiger partial charge in [-0.1, -0.05) is 0 Å². The first-order valence-corrected chi connectivity index (χ1v) is 11.7. The van der Waals surface area contributed by atoms with Gasteiger partial charge in [0.1, 0.15) is 17.3 Å². The van der Waals surface area contributed by atoms with E-state index >= 15 is 0 Å². The lowest BCUT2D eigenvalue weighted by Gasteiger charge is -2.39. The summed E-state index contributed by atoms with van der Waals surface area (Å²) in [5, 5.41) is 4.47. The number of hydrogen-bond acceptors (Lipinski definition) is 7. The molecule has 1 atom stereocenters. The van der Waals surface area contributed by atoms with Gasteiger partial charge in [-0.25, -0.2) is 9.97 Å². The van der Waals surface area contributed by atoms with Crippen LogP contribution < -0.4 is 15.8 Å². The number of carbonyl (C=O) groups excluding carboxylic acids is 1. The molecule has 1 amide bonds. The van der Waals surface area contributed by atoms with Gasteiger partial charge in [-0.05, 0) is 50.0 Å². The zero-order chi connectivity index (χ0) is 19.8. The Morgan fingerprint density at radius 2 is 2.00 bits per heavy atom. The predicted octanol–water partition coefficient (Wildman–Crippen LogP) is 2.19. The molecule has 2 fully saturated rings. The van der Waals surface area contributed by atoms with Gasteiger partial charge in [0.15, 0.2) is 0 Å². The molecular formula is C21H29N5O2S. The third-order valence-corrected chi connectivity index (χ3v) is 7.91. The van der Waals surface area contributed by atoms with Crippen LogP contribution >= 0.6 is 11.3 Å². The van der Waals surface area contributed by atoms with Crippen molar-refractivity contribution in [3.8, 4) is 5.88 Å². The van der Waals surface area contributed by atoms with Gasteiger partial charge in [-0.2, -0.15) is 0 Å². The average molecular weight is 416 g/mol. The number of ether oxygens (including phenoxy) is 1. The van der Waals surface area contributed by atoms with Gasteiger partial charge in [0.2, 0.25) is 11.8 Å². The Balaban J connectivity index is 1.32. The van der Waals surface area contributed by atoms with Crippen LogP contribution in [0.15, 0.2) is 6.33 Å². The molecule has 0 spiro atoms. The van der Waals surface area contributed by atoms with Crippen molar-refractivity contribution >= 4 is 27.5 Å². The van der Waals surface area contributed by atoms with E-state index in [0.29, 0.717) is 18.3 Å². The number of nitrogens with one attached hydrogen (secondary N) is 1. The van der Waals surface area contributed by atoms with Gasteiger partial charge in [0, 0.05) is 43.5 Å². The number of amides is 1. The summed E-state index contributed by atoms with van der Waals surface area (Å²) in [6.07, 6.45) is 8.68. The zero-order valence-corrected chi connectivity index (χ0v) is 17.5. The molecule has 3 heterocycles. The van der Waals surface area contributed by atoms with E-state index in [1.165, 1.54) is 23.3 Å². The first kappa shape index (κ1) is 19.2. The smallest absolute Gasteiger partial charge is 0.225 e. The molecule has 2 aliphatic carbocycles. The molecule has 29 heavy (non-hydrogen) atoms. The summed E-state index contributed by atoms with van der Waals surface area (Å²) >= 11 is 1.72. The third-order valence-electron chi connectivity index (χ3n) is 6.73. The molecule has 0 bridgehead atoms. The maximum Gasteiger partial charge on any atom is 0.225 e. The topological polar surface area (TPSA) is 93.4 Å². The van der Waals surface area contributed by atoms with Crippen LogP contribution in [0.5, 0.6) is 5.88 Å². The van der Waals surface area contributed by atoms with Crippen LogP contribution in [0.2, 0.25) is 0 Å². The second kappa shape index (κ2) is 8.16. The van der Waals surface area contributed by atoms with Gasteiger partial charge in [-0.15, -0.1) is 11.3 Å². The molecule has 1 unspecified atom stereocenters.